The zero-order chi connectivity index (χ0) is 16.2. The molecular weight excluding hydrogens is 362 g/mol. The highest BCUT2D eigenvalue weighted by molar-refractivity contribution is 7.98. The molecular formula is C15H13N5OS3. The Morgan fingerprint density at radius 3 is 2.92 bits per heavy atom. The van der Waals surface area contributed by atoms with Crippen LogP contribution in [0.15, 0.2) is 51.0 Å². The first-order valence-corrected chi connectivity index (χ1v) is 10.0. The smallest absolute Gasteiger partial charge is 0.268 e. The van der Waals surface area contributed by atoms with Gasteiger partial charge in [-0.2, -0.15) is 4.98 Å². The van der Waals surface area contributed by atoms with Gasteiger partial charge in [0.2, 0.25) is 0 Å². The molecule has 0 saturated carbocycles. The van der Waals surface area contributed by atoms with Gasteiger partial charge >= 0.3 is 0 Å². The number of thiophene rings is 2. The van der Waals surface area contributed by atoms with Crippen LogP contribution in [0.4, 0.5) is 0 Å². The molecule has 4 heterocycles. The summed E-state index contributed by atoms with van der Waals surface area (Å²) in [5.41, 5.74) is 0. The van der Waals surface area contributed by atoms with Crippen molar-refractivity contribution in [2.75, 3.05) is 0 Å². The second kappa shape index (κ2) is 7.29. The van der Waals surface area contributed by atoms with Crippen LogP contribution >= 0.6 is 34.4 Å². The zero-order valence-corrected chi connectivity index (χ0v) is 15.0. The average molecular weight is 376 g/mol. The molecule has 122 valence electrons. The van der Waals surface area contributed by atoms with E-state index >= 15 is 0 Å². The van der Waals surface area contributed by atoms with Crippen LogP contribution in [-0.4, -0.2) is 24.9 Å². The maximum absolute atomic E-state index is 5.30. The third kappa shape index (κ3) is 3.58. The van der Waals surface area contributed by atoms with Crippen molar-refractivity contribution >= 4 is 34.4 Å². The van der Waals surface area contributed by atoms with Gasteiger partial charge in [0, 0.05) is 11.4 Å². The van der Waals surface area contributed by atoms with E-state index in [-0.39, 0.29) is 0 Å². The van der Waals surface area contributed by atoms with Crippen LogP contribution < -0.4 is 0 Å². The molecule has 0 aromatic carbocycles. The van der Waals surface area contributed by atoms with Crippen molar-refractivity contribution in [3.8, 4) is 10.8 Å². The van der Waals surface area contributed by atoms with Gasteiger partial charge < -0.3 is 9.09 Å². The van der Waals surface area contributed by atoms with E-state index in [1.54, 1.807) is 40.8 Å². The molecule has 0 fully saturated rings. The van der Waals surface area contributed by atoms with Gasteiger partial charge in [0.05, 0.1) is 10.6 Å². The first-order chi connectivity index (χ1) is 11.9. The van der Waals surface area contributed by atoms with Crippen molar-refractivity contribution in [3.05, 3.63) is 52.1 Å². The molecule has 0 amide bonds. The van der Waals surface area contributed by atoms with E-state index in [1.807, 2.05) is 17.5 Å². The van der Waals surface area contributed by atoms with Gasteiger partial charge in [0.25, 0.3) is 5.89 Å². The van der Waals surface area contributed by atoms with E-state index in [2.05, 4.69) is 42.4 Å². The molecule has 9 heteroatoms. The number of hydrogen-bond acceptors (Lipinski definition) is 8. The van der Waals surface area contributed by atoms with Gasteiger partial charge in [0.1, 0.15) is 6.33 Å². The Kier molecular flexibility index (Phi) is 4.72. The standard InChI is InChI=1S/C15H13N5OS3/c1-3-11(22-7-1)5-6-20-10-16-18-15(20)24-9-13-17-14(21-19-13)12-4-2-8-23-12/h1-4,7-8,10H,5-6,9H2. The Bertz CT molecular complexity index is 882. The molecule has 0 atom stereocenters. The summed E-state index contributed by atoms with van der Waals surface area (Å²) in [6.45, 7) is 0.864. The highest BCUT2D eigenvalue weighted by Crippen LogP contribution is 2.25. The molecule has 0 saturated heterocycles. The summed E-state index contributed by atoms with van der Waals surface area (Å²) in [7, 11) is 0. The van der Waals surface area contributed by atoms with Crippen LogP contribution in [-0.2, 0) is 18.7 Å². The fourth-order valence-corrected chi connectivity index (χ4v) is 4.26. The minimum Gasteiger partial charge on any atom is -0.333 e. The minimum absolute atomic E-state index is 0.569. The quantitative estimate of drug-likeness (QED) is 0.455. The van der Waals surface area contributed by atoms with Gasteiger partial charge in [-0.1, -0.05) is 29.1 Å². The number of thioether (sulfide) groups is 1. The number of aryl methyl sites for hydroxylation is 2. The number of aromatic nitrogens is 5. The largest absolute Gasteiger partial charge is 0.333 e. The van der Waals surface area contributed by atoms with Gasteiger partial charge in [-0.25, -0.2) is 0 Å². The molecule has 0 radical (unpaired) electrons. The highest BCUT2D eigenvalue weighted by Gasteiger charge is 2.12. The lowest BCUT2D eigenvalue weighted by Crippen LogP contribution is -2.01. The van der Waals surface area contributed by atoms with E-state index in [1.165, 1.54) is 4.88 Å². The maximum Gasteiger partial charge on any atom is 0.268 e. The molecule has 24 heavy (non-hydrogen) atoms. The van der Waals surface area contributed by atoms with E-state index in [0.29, 0.717) is 17.5 Å². The lowest BCUT2D eigenvalue weighted by atomic mass is 10.3. The van der Waals surface area contributed by atoms with Gasteiger partial charge in [0.15, 0.2) is 11.0 Å². The normalized spacial score (nSPS) is 11.2. The van der Waals surface area contributed by atoms with Crippen molar-refractivity contribution in [2.45, 2.75) is 23.9 Å². The number of hydrogen-bond donors (Lipinski definition) is 0. The van der Waals surface area contributed by atoms with Crippen LogP contribution in [0.3, 0.4) is 0 Å². The predicted molar refractivity (Wildman–Crippen MR) is 95.2 cm³/mol. The van der Waals surface area contributed by atoms with Gasteiger partial charge in [-0.3, -0.25) is 0 Å². The van der Waals surface area contributed by atoms with Crippen LogP contribution in [0.1, 0.15) is 10.7 Å². The van der Waals surface area contributed by atoms with Crippen molar-refractivity contribution < 1.29 is 4.52 Å². The summed E-state index contributed by atoms with van der Waals surface area (Å²) in [6.07, 6.45) is 2.75. The first kappa shape index (κ1) is 15.6. The highest BCUT2D eigenvalue weighted by atomic mass is 32.2. The molecule has 4 aromatic heterocycles. The molecule has 0 N–H and O–H groups in total. The van der Waals surface area contributed by atoms with Crippen LogP contribution in [0.2, 0.25) is 0 Å². The average Bonchev–Trinajstić information content (AvgIpc) is 3.40. The van der Waals surface area contributed by atoms with Crippen LogP contribution in [0, 0.1) is 0 Å². The van der Waals surface area contributed by atoms with Crippen molar-refractivity contribution in [1.29, 1.82) is 0 Å². The molecule has 0 aliphatic rings. The second-order valence-corrected chi connectivity index (χ2v) is 7.84. The molecule has 0 spiro atoms. The van der Waals surface area contributed by atoms with Crippen molar-refractivity contribution in [2.24, 2.45) is 0 Å². The summed E-state index contributed by atoms with van der Waals surface area (Å²) in [5.74, 6) is 1.84. The second-order valence-electron chi connectivity index (χ2n) is 4.92. The predicted octanol–water partition coefficient (Wildman–Crippen LogP) is 3.99. The zero-order valence-electron chi connectivity index (χ0n) is 12.5. The summed E-state index contributed by atoms with van der Waals surface area (Å²) in [6, 6.07) is 8.15. The monoisotopic (exact) mass is 375 g/mol. The fraction of sp³-hybridized carbons (Fsp3) is 0.200. The lowest BCUT2D eigenvalue weighted by molar-refractivity contribution is 0.426. The Hall–Kier alpha value is -1.97. The molecule has 0 aliphatic carbocycles. The van der Waals surface area contributed by atoms with E-state index < -0.39 is 0 Å². The molecule has 0 unspecified atom stereocenters. The summed E-state index contributed by atoms with van der Waals surface area (Å²) < 4.78 is 7.36. The SMILES string of the molecule is c1csc(CCn2cnnc2SCc2noc(-c3cccs3)n2)c1. The van der Waals surface area contributed by atoms with Gasteiger partial charge in [-0.05, 0) is 29.3 Å². The summed E-state index contributed by atoms with van der Waals surface area (Å²) in [5, 5.41) is 17.2. The van der Waals surface area contributed by atoms with Crippen molar-refractivity contribution in [3.63, 3.8) is 0 Å². The minimum atomic E-state index is 0.569. The van der Waals surface area contributed by atoms with Crippen LogP contribution in [0.25, 0.3) is 10.8 Å². The lowest BCUT2D eigenvalue weighted by Gasteiger charge is -2.03. The fourth-order valence-electron chi connectivity index (χ4n) is 2.14. The van der Waals surface area contributed by atoms with Gasteiger partial charge in [-0.15, -0.1) is 32.9 Å². The first-order valence-electron chi connectivity index (χ1n) is 7.28. The van der Waals surface area contributed by atoms with E-state index in [9.17, 15) is 0 Å². The Balaban J connectivity index is 1.37. The Labute approximate surface area is 150 Å². The molecule has 4 rings (SSSR count). The molecule has 0 aliphatic heterocycles. The molecule has 4 aromatic rings. The summed E-state index contributed by atoms with van der Waals surface area (Å²) in [4.78, 5) is 6.77. The van der Waals surface area contributed by atoms with Crippen LogP contribution in [0.5, 0.6) is 0 Å². The maximum atomic E-state index is 5.30. The number of nitrogens with zero attached hydrogens (tertiary/aromatic N) is 5. The Morgan fingerprint density at radius 1 is 1.17 bits per heavy atom. The van der Waals surface area contributed by atoms with E-state index in [4.69, 9.17) is 4.52 Å². The molecule has 6 nitrogen and oxygen atoms in total. The topological polar surface area (TPSA) is 69.6 Å². The third-order valence-electron chi connectivity index (χ3n) is 3.29. The Morgan fingerprint density at radius 2 is 2.08 bits per heavy atom. The third-order valence-corrected chi connectivity index (χ3v) is 6.06. The summed E-state index contributed by atoms with van der Waals surface area (Å²) >= 11 is 4.92. The van der Waals surface area contributed by atoms with E-state index in [0.717, 1.165) is 23.0 Å². The number of rotatable bonds is 7. The molecule has 0 bridgehead atoms. The van der Waals surface area contributed by atoms with Crippen molar-refractivity contribution in [1.82, 2.24) is 24.9 Å².